The van der Waals surface area contributed by atoms with Crippen molar-refractivity contribution in [2.45, 2.75) is 93.8 Å². The summed E-state index contributed by atoms with van der Waals surface area (Å²) in [5.41, 5.74) is 1.02. The molecule has 3 aliphatic heterocycles. The lowest BCUT2D eigenvalue weighted by molar-refractivity contribution is -0.140. The molecule has 0 aromatic heterocycles. The number of rotatable bonds is 12. The Labute approximate surface area is 219 Å². The lowest BCUT2D eigenvalue weighted by Gasteiger charge is -2.35. The minimum absolute atomic E-state index is 0.0356. The van der Waals surface area contributed by atoms with Gasteiger partial charge >= 0.3 is 0 Å². The number of thioether (sulfide) groups is 1. The topological polar surface area (TPSA) is 98.7 Å². The molecule has 2 bridgehead atoms. The maximum absolute atomic E-state index is 14.0. The monoisotopic (exact) mass is 515 g/mol. The van der Waals surface area contributed by atoms with E-state index in [1.165, 1.54) is 0 Å². The smallest absolute Gasteiger partial charge is 0.244 e. The summed E-state index contributed by atoms with van der Waals surface area (Å²) in [7, 11) is 0. The quantitative estimate of drug-likeness (QED) is 0.371. The predicted octanol–water partition coefficient (Wildman–Crippen LogP) is 3.25. The van der Waals surface area contributed by atoms with Crippen LogP contribution < -0.4 is 10.6 Å². The lowest BCUT2D eigenvalue weighted by Crippen LogP contribution is -2.55. The van der Waals surface area contributed by atoms with Gasteiger partial charge in [-0.15, -0.1) is 11.8 Å². The van der Waals surface area contributed by atoms with Crippen molar-refractivity contribution in [3.8, 4) is 0 Å². The van der Waals surface area contributed by atoms with Crippen molar-refractivity contribution in [3.63, 3.8) is 0 Å². The van der Waals surface area contributed by atoms with Gasteiger partial charge in [0.2, 0.25) is 17.7 Å². The molecular formula is C28H41N3O4S. The molecular weight excluding hydrogens is 474 g/mol. The highest BCUT2D eigenvalue weighted by molar-refractivity contribution is 8.02. The number of unbranched alkanes of at least 4 members (excludes halogenated alkanes) is 2. The number of likely N-dealkylation sites (tertiary alicyclic amines) is 1. The molecule has 4 rings (SSSR count). The van der Waals surface area contributed by atoms with Gasteiger partial charge < -0.3 is 20.6 Å². The molecule has 36 heavy (non-hydrogen) atoms. The largest absolute Gasteiger partial charge is 0.396 e. The van der Waals surface area contributed by atoms with E-state index >= 15 is 0 Å². The van der Waals surface area contributed by atoms with E-state index in [2.05, 4.69) is 24.5 Å². The molecule has 0 saturated carbocycles. The first kappa shape index (κ1) is 27.0. The lowest BCUT2D eigenvalue weighted by atomic mass is 9.66. The first-order valence-electron chi connectivity index (χ1n) is 13.5. The number of benzene rings is 1. The number of amides is 3. The molecule has 1 aromatic rings. The van der Waals surface area contributed by atoms with Crippen LogP contribution in [0.1, 0.15) is 71.3 Å². The van der Waals surface area contributed by atoms with Crippen molar-refractivity contribution >= 4 is 29.5 Å². The standard InChI is InChI=1S/C28H41N3O4S/c1-4-11-19(2)30-25(34)23-28-15-14-27(3,36-28)21(24(33)29-18-20-12-7-5-8-13-20)22(28)26(35)31(23)16-9-6-10-17-32/h5,7-8,12-13,19,21-23,32H,4,6,9-11,14-18H2,1-3H3,(H,29,33)(H,30,34)/t19?,21-,22-,23?,27+,28?/m0/s1. The first-order chi connectivity index (χ1) is 17.3. The Morgan fingerprint density at radius 3 is 2.61 bits per heavy atom. The van der Waals surface area contributed by atoms with E-state index in [0.717, 1.165) is 44.1 Å². The van der Waals surface area contributed by atoms with Gasteiger partial charge in [-0.25, -0.2) is 0 Å². The Hall–Kier alpha value is -2.06. The first-order valence-corrected chi connectivity index (χ1v) is 14.3. The second kappa shape index (κ2) is 11.1. The molecule has 6 atom stereocenters. The van der Waals surface area contributed by atoms with Gasteiger partial charge in [-0.1, -0.05) is 43.7 Å². The number of aliphatic hydroxyl groups excluding tert-OH is 1. The van der Waals surface area contributed by atoms with Crippen LogP contribution in [0.3, 0.4) is 0 Å². The summed E-state index contributed by atoms with van der Waals surface area (Å²) in [5.74, 6) is -1.19. The Balaban J connectivity index is 1.60. The zero-order chi connectivity index (χ0) is 25.9. The summed E-state index contributed by atoms with van der Waals surface area (Å²) < 4.78 is -0.939. The van der Waals surface area contributed by atoms with E-state index in [9.17, 15) is 19.5 Å². The van der Waals surface area contributed by atoms with E-state index in [1.807, 2.05) is 37.3 Å². The number of hydrogen-bond donors (Lipinski definition) is 3. The molecule has 3 saturated heterocycles. The molecule has 3 amide bonds. The second-order valence-corrected chi connectivity index (χ2v) is 12.8. The van der Waals surface area contributed by atoms with Crippen LogP contribution in [0, 0.1) is 11.8 Å². The van der Waals surface area contributed by atoms with Gasteiger partial charge in [0, 0.05) is 30.5 Å². The summed E-state index contributed by atoms with van der Waals surface area (Å²) in [4.78, 5) is 43.1. The number of hydrogen-bond acceptors (Lipinski definition) is 5. The van der Waals surface area contributed by atoms with Crippen molar-refractivity contribution in [2.24, 2.45) is 11.8 Å². The fourth-order valence-corrected chi connectivity index (χ4v) is 9.02. The number of aliphatic hydroxyl groups is 1. The van der Waals surface area contributed by atoms with Crippen LogP contribution in [0.25, 0.3) is 0 Å². The van der Waals surface area contributed by atoms with E-state index < -0.39 is 22.6 Å². The van der Waals surface area contributed by atoms with Crippen molar-refractivity contribution < 1.29 is 19.5 Å². The van der Waals surface area contributed by atoms with Crippen molar-refractivity contribution in [1.82, 2.24) is 15.5 Å². The molecule has 3 aliphatic rings. The minimum atomic E-state index is -0.576. The fraction of sp³-hybridized carbons (Fsp3) is 0.679. The fourth-order valence-electron chi connectivity index (χ4n) is 6.66. The molecule has 0 radical (unpaired) electrons. The third-order valence-corrected chi connectivity index (χ3v) is 10.3. The average molecular weight is 516 g/mol. The van der Waals surface area contributed by atoms with Gasteiger partial charge in [0.1, 0.15) is 6.04 Å². The third kappa shape index (κ3) is 4.91. The van der Waals surface area contributed by atoms with Crippen LogP contribution in [-0.4, -0.2) is 62.5 Å². The zero-order valence-electron chi connectivity index (χ0n) is 21.8. The summed E-state index contributed by atoms with van der Waals surface area (Å²) in [5, 5.41) is 15.5. The Morgan fingerprint density at radius 2 is 1.92 bits per heavy atom. The summed E-state index contributed by atoms with van der Waals surface area (Å²) in [6.07, 6.45) is 5.64. The van der Waals surface area contributed by atoms with E-state index in [-0.39, 0.29) is 35.1 Å². The van der Waals surface area contributed by atoms with Gasteiger partial charge in [-0.3, -0.25) is 14.4 Å². The number of nitrogens with zero attached hydrogens (tertiary/aromatic N) is 1. The van der Waals surface area contributed by atoms with E-state index in [1.54, 1.807) is 16.7 Å². The Bertz CT molecular complexity index is 959. The highest BCUT2D eigenvalue weighted by Gasteiger charge is 2.76. The second-order valence-electron chi connectivity index (χ2n) is 10.9. The van der Waals surface area contributed by atoms with Crippen LogP contribution in [-0.2, 0) is 20.9 Å². The molecule has 3 fully saturated rings. The van der Waals surface area contributed by atoms with Crippen molar-refractivity contribution in [2.75, 3.05) is 13.2 Å². The highest BCUT2D eigenvalue weighted by atomic mass is 32.2. The molecule has 1 aromatic carbocycles. The van der Waals surface area contributed by atoms with Crippen molar-refractivity contribution in [3.05, 3.63) is 35.9 Å². The molecule has 7 nitrogen and oxygen atoms in total. The number of fused-ring (bicyclic) bond motifs is 1. The SMILES string of the molecule is CCCC(C)NC(=O)C1N(CCCCCO)C(=O)[C@@H]2[C@@H](C(=O)NCc3ccccc3)[C@@]3(C)CCC12S3. The van der Waals surface area contributed by atoms with Crippen LogP contribution in [0.2, 0.25) is 0 Å². The number of nitrogens with one attached hydrogen (secondary N) is 2. The molecule has 3 heterocycles. The molecule has 198 valence electrons. The maximum Gasteiger partial charge on any atom is 0.244 e. The van der Waals surface area contributed by atoms with Crippen LogP contribution >= 0.6 is 11.8 Å². The summed E-state index contributed by atoms with van der Waals surface area (Å²) in [6.45, 7) is 7.24. The Morgan fingerprint density at radius 1 is 1.17 bits per heavy atom. The van der Waals surface area contributed by atoms with E-state index in [4.69, 9.17) is 0 Å². The summed E-state index contributed by atoms with van der Waals surface area (Å²) in [6, 6.07) is 9.26. The van der Waals surface area contributed by atoms with Crippen LogP contribution in [0.5, 0.6) is 0 Å². The average Bonchev–Trinajstić information content (AvgIpc) is 3.42. The number of carbonyl (C=O) groups is 3. The van der Waals surface area contributed by atoms with Gasteiger partial charge in [-0.2, -0.15) is 0 Å². The summed E-state index contributed by atoms with van der Waals surface area (Å²) >= 11 is 1.71. The van der Waals surface area contributed by atoms with Gasteiger partial charge in [0.25, 0.3) is 0 Å². The van der Waals surface area contributed by atoms with Crippen LogP contribution in [0.15, 0.2) is 30.3 Å². The maximum atomic E-state index is 14.0. The Kier molecular flexibility index (Phi) is 8.35. The minimum Gasteiger partial charge on any atom is -0.396 e. The molecule has 3 N–H and O–H groups in total. The third-order valence-electron chi connectivity index (χ3n) is 8.28. The van der Waals surface area contributed by atoms with E-state index in [0.29, 0.717) is 19.5 Å². The molecule has 8 heteroatoms. The normalized spacial score (nSPS) is 31.4. The predicted molar refractivity (Wildman–Crippen MR) is 142 cm³/mol. The van der Waals surface area contributed by atoms with Gasteiger partial charge in [-0.05, 0) is 57.9 Å². The van der Waals surface area contributed by atoms with Gasteiger partial charge in [0.05, 0.1) is 16.6 Å². The zero-order valence-corrected chi connectivity index (χ0v) is 22.6. The highest BCUT2D eigenvalue weighted by Crippen LogP contribution is 2.71. The van der Waals surface area contributed by atoms with Gasteiger partial charge in [0.15, 0.2) is 0 Å². The molecule has 1 spiro atoms. The van der Waals surface area contributed by atoms with Crippen molar-refractivity contribution in [1.29, 1.82) is 0 Å². The molecule has 0 aliphatic carbocycles. The number of carbonyl (C=O) groups excluding carboxylic acids is 3. The van der Waals surface area contributed by atoms with Crippen LogP contribution in [0.4, 0.5) is 0 Å². The molecule has 3 unspecified atom stereocenters.